The minimum atomic E-state index is -0.222. The van der Waals surface area contributed by atoms with Crippen molar-refractivity contribution in [1.82, 2.24) is 0 Å². The molecule has 180 valence electrons. The number of hydrogen-bond donors (Lipinski definition) is 0. The highest BCUT2D eigenvalue weighted by Crippen LogP contribution is 2.54. The van der Waals surface area contributed by atoms with Crippen LogP contribution in [-0.2, 0) is 18.6 Å². The molecule has 1 spiro atoms. The number of ether oxygens (including phenoxy) is 4. The molecule has 5 heteroatoms. The second-order valence-electron chi connectivity index (χ2n) is 9.65. The van der Waals surface area contributed by atoms with Gasteiger partial charge in [-0.05, 0) is 41.0 Å². The molecule has 0 saturated heterocycles. The largest absolute Gasteiger partial charge is 0.492 e. The normalized spacial score (nSPS) is 19.1. The lowest BCUT2D eigenvalue weighted by Crippen LogP contribution is -2.36. The summed E-state index contributed by atoms with van der Waals surface area (Å²) in [7, 11) is 0. The maximum atomic E-state index is 6.26. The number of para-hydroxylation sites is 1. The first kappa shape index (κ1) is 21.2. The number of benzene rings is 4. The van der Waals surface area contributed by atoms with E-state index in [1.54, 1.807) is 0 Å². The molecule has 0 fully saturated rings. The Morgan fingerprint density at radius 2 is 1.44 bits per heavy atom. The first-order chi connectivity index (χ1) is 17.8. The molecule has 5 nitrogen and oxygen atoms in total. The third-order valence-corrected chi connectivity index (χ3v) is 7.40. The van der Waals surface area contributed by atoms with Crippen molar-refractivity contribution in [3.05, 3.63) is 113 Å². The van der Waals surface area contributed by atoms with Crippen molar-refractivity contribution in [2.75, 3.05) is 31.3 Å². The van der Waals surface area contributed by atoms with Crippen LogP contribution in [0.4, 0.5) is 5.69 Å². The molecule has 3 aliphatic rings. The fraction of sp³-hybridized carbons (Fsp3) is 0.226. The Morgan fingerprint density at radius 3 is 2.28 bits per heavy atom. The summed E-state index contributed by atoms with van der Waals surface area (Å²) in [6, 6.07) is 31.5. The van der Waals surface area contributed by atoms with E-state index in [2.05, 4.69) is 71.6 Å². The van der Waals surface area contributed by atoms with Crippen LogP contribution >= 0.6 is 0 Å². The first-order valence-corrected chi connectivity index (χ1v) is 12.5. The van der Waals surface area contributed by atoms with Gasteiger partial charge in [-0.25, -0.2) is 0 Å². The lowest BCUT2D eigenvalue weighted by molar-refractivity contribution is 0.171. The summed E-state index contributed by atoms with van der Waals surface area (Å²) in [5.74, 6) is 3.36. The number of hydrogen-bond acceptors (Lipinski definition) is 5. The standard InChI is InChI=1S/C31H27NO4/c1-2-6-23(7-3-1)19-35-24-12-10-22(11-13-24)18-32-20-31(25-8-4-5-9-27(25)32)21-36-28-17-30-29(16-26(28)31)33-14-15-34-30/h1-13,16-17H,14-15,18-21H2. The Labute approximate surface area is 210 Å². The predicted molar refractivity (Wildman–Crippen MR) is 138 cm³/mol. The van der Waals surface area contributed by atoms with Crippen molar-refractivity contribution < 1.29 is 18.9 Å². The molecule has 0 saturated carbocycles. The van der Waals surface area contributed by atoms with Crippen LogP contribution in [0.1, 0.15) is 22.3 Å². The van der Waals surface area contributed by atoms with Gasteiger partial charge in [-0.15, -0.1) is 0 Å². The number of anilines is 1. The smallest absolute Gasteiger partial charge is 0.165 e. The number of nitrogens with zero attached hydrogens (tertiary/aromatic N) is 1. The van der Waals surface area contributed by atoms with Crippen LogP contribution < -0.4 is 23.8 Å². The Hall–Kier alpha value is -4.12. The van der Waals surface area contributed by atoms with Crippen LogP contribution in [-0.4, -0.2) is 26.4 Å². The van der Waals surface area contributed by atoms with Crippen LogP contribution in [0.3, 0.4) is 0 Å². The summed E-state index contributed by atoms with van der Waals surface area (Å²) in [5, 5.41) is 0. The maximum absolute atomic E-state index is 6.26. The van der Waals surface area contributed by atoms with Crippen molar-refractivity contribution >= 4 is 5.69 Å². The molecule has 0 aliphatic carbocycles. The highest BCUT2D eigenvalue weighted by Gasteiger charge is 2.50. The van der Waals surface area contributed by atoms with Gasteiger partial charge in [0.25, 0.3) is 0 Å². The molecule has 7 rings (SSSR count). The molecule has 0 bridgehead atoms. The van der Waals surface area contributed by atoms with Crippen LogP contribution in [0.2, 0.25) is 0 Å². The van der Waals surface area contributed by atoms with Crippen molar-refractivity contribution in [3.63, 3.8) is 0 Å². The second kappa shape index (κ2) is 8.52. The summed E-state index contributed by atoms with van der Waals surface area (Å²) in [6.45, 7) is 4.00. The van der Waals surface area contributed by atoms with Crippen LogP contribution in [0.25, 0.3) is 0 Å². The third-order valence-electron chi connectivity index (χ3n) is 7.40. The van der Waals surface area contributed by atoms with Crippen molar-refractivity contribution in [2.24, 2.45) is 0 Å². The average molecular weight is 478 g/mol. The minimum absolute atomic E-state index is 0.222. The van der Waals surface area contributed by atoms with Crippen molar-refractivity contribution in [1.29, 1.82) is 0 Å². The fourth-order valence-electron chi connectivity index (χ4n) is 5.64. The van der Waals surface area contributed by atoms with Gasteiger partial charge in [0, 0.05) is 30.4 Å². The van der Waals surface area contributed by atoms with E-state index in [1.807, 2.05) is 24.3 Å². The molecular weight excluding hydrogens is 450 g/mol. The minimum Gasteiger partial charge on any atom is -0.492 e. The van der Waals surface area contributed by atoms with Gasteiger partial charge in [0.15, 0.2) is 11.5 Å². The summed E-state index contributed by atoms with van der Waals surface area (Å²) < 4.78 is 24.0. The molecule has 3 aliphatic heterocycles. The predicted octanol–water partition coefficient (Wildman–Crippen LogP) is 5.74. The molecule has 0 aromatic heterocycles. The SMILES string of the molecule is c1ccc(COc2ccc(CN3CC4(COc5cc6c(cc54)OCCO6)c4ccccc43)cc2)cc1. The van der Waals surface area contributed by atoms with Crippen molar-refractivity contribution in [2.45, 2.75) is 18.6 Å². The van der Waals surface area contributed by atoms with E-state index in [0.717, 1.165) is 41.7 Å². The Balaban J connectivity index is 1.14. The number of rotatable bonds is 5. The third kappa shape index (κ3) is 3.54. The zero-order valence-corrected chi connectivity index (χ0v) is 20.0. The highest BCUT2D eigenvalue weighted by molar-refractivity contribution is 5.70. The van der Waals surface area contributed by atoms with E-state index in [4.69, 9.17) is 18.9 Å². The zero-order chi connectivity index (χ0) is 24.0. The van der Waals surface area contributed by atoms with E-state index in [1.165, 1.54) is 22.4 Å². The summed E-state index contributed by atoms with van der Waals surface area (Å²) in [5.41, 5.74) is 5.94. The highest BCUT2D eigenvalue weighted by atomic mass is 16.6. The van der Waals surface area contributed by atoms with Gasteiger partial charge in [0.05, 0.1) is 5.41 Å². The van der Waals surface area contributed by atoms with Crippen LogP contribution in [0.15, 0.2) is 91.0 Å². The zero-order valence-electron chi connectivity index (χ0n) is 20.0. The fourth-order valence-corrected chi connectivity index (χ4v) is 5.64. The second-order valence-corrected chi connectivity index (χ2v) is 9.65. The van der Waals surface area contributed by atoms with Gasteiger partial charge in [0.2, 0.25) is 0 Å². The average Bonchev–Trinajstić information content (AvgIpc) is 3.45. The van der Waals surface area contributed by atoms with Gasteiger partial charge >= 0.3 is 0 Å². The van der Waals surface area contributed by atoms with E-state index >= 15 is 0 Å². The van der Waals surface area contributed by atoms with Gasteiger partial charge < -0.3 is 23.8 Å². The molecule has 3 heterocycles. The number of fused-ring (bicyclic) bond motifs is 5. The van der Waals surface area contributed by atoms with Gasteiger partial charge in [-0.3, -0.25) is 0 Å². The van der Waals surface area contributed by atoms with E-state index in [0.29, 0.717) is 26.4 Å². The molecule has 36 heavy (non-hydrogen) atoms. The maximum Gasteiger partial charge on any atom is 0.165 e. The summed E-state index contributed by atoms with van der Waals surface area (Å²) >= 11 is 0. The van der Waals surface area contributed by atoms with E-state index in [9.17, 15) is 0 Å². The quantitative estimate of drug-likeness (QED) is 0.367. The molecule has 0 amide bonds. The molecule has 4 aromatic rings. The summed E-state index contributed by atoms with van der Waals surface area (Å²) in [4.78, 5) is 2.46. The van der Waals surface area contributed by atoms with Gasteiger partial charge in [-0.1, -0.05) is 60.7 Å². The lowest BCUT2D eigenvalue weighted by atomic mass is 9.77. The van der Waals surface area contributed by atoms with Gasteiger partial charge in [0.1, 0.15) is 37.9 Å². The molecule has 0 N–H and O–H groups in total. The Morgan fingerprint density at radius 1 is 0.694 bits per heavy atom. The van der Waals surface area contributed by atoms with E-state index in [-0.39, 0.29) is 5.41 Å². The molecular formula is C31H27NO4. The molecule has 1 atom stereocenters. The Kier molecular flexibility index (Phi) is 5.01. The molecule has 4 aromatic carbocycles. The van der Waals surface area contributed by atoms with Crippen molar-refractivity contribution in [3.8, 4) is 23.0 Å². The van der Waals surface area contributed by atoms with Crippen LogP contribution in [0.5, 0.6) is 23.0 Å². The molecule has 0 radical (unpaired) electrons. The monoisotopic (exact) mass is 477 g/mol. The van der Waals surface area contributed by atoms with Gasteiger partial charge in [-0.2, -0.15) is 0 Å². The Bertz CT molecular complexity index is 1400. The molecule has 1 unspecified atom stereocenters. The van der Waals surface area contributed by atoms with E-state index < -0.39 is 0 Å². The lowest BCUT2D eigenvalue weighted by Gasteiger charge is -2.26. The van der Waals surface area contributed by atoms with Crippen LogP contribution in [0, 0.1) is 0 Å². The topological polar surface area (TPSA) is 40.2 Å². The first-order valence-electron chi connectivity index (χ1n) is 12.5. The summed E-state index contributed by atoms with van der Waals surface area (Å²) in [6.07, 6.45) is 0.